The molecule has 0 aromatic heterocycles. The molecule has 0 spiro atoms. The van der Waals surface area contributed by atoms with E-state index in [9.17, 15) is 31.4 Å². The molecule has 8 unspecified atom stereocenters. The van der Waals surface area contributed by atoms with Crippen molar-refractivity contribution in [2.24, 2.45) is 47.3 Å². The van der Waals surface area contributed by atoms with Crippen molar-refractivity contribution in [2.75, 3.05) is 19.8 Å². The molecule has 204 valence electrons. The summed E-state index contributed by atoms with van der Waals surface area (Å²) in [6.07, 6.45) is -8.80. The standard InChI is InChI=1S/C24H38F6O4Si/c1-4-32-35(33-5-2,34-6-3)8-7-14-9-15-11-18(14)20-16-10-17(19(12-16)21(15)20)13-22(31,23(25,26)27)24(28,29)30/h14-21,31H,4-13H2,1-3H3. The van der Waals surface area contributed by atoms with Crippen LogP contribution in [-0.2, 0) is 13.3 Å². The van der Waals surface area contributed by atoms with Crippen LogP contribution < -0.4 is 0 Å². The van der Waals surface area contributed by atoms with Crippen LogP contribution in [0.2, 0.25) is 6.04 Å². The lowest BCUT2D eigenvalue weighted by Crippen LogP contribution is -2.58. The van der Waals surface area contributed by atoms with E-state index in [0.29, 0.717) is 56.3 Å². The highest BCUT2D eigenvalue weighted by Crippen LogP contribution is 2.71. The van der Waals surface area contributed by atoms with Gasteiger partial charge in [0.25, 0.3) is 5.60 Å². The van der Waals surface area contributed by atoms with Gasteiger partial charge in [0.1, 0.15) is 0 Å². The Balaban J connectivity index is 1.42. The third-order valence-corrected chi connectivity index (χ3v) is 12.6. The highest BCUT2D eigenvalue weighted by atomic mass is 28.4. The summed E-state index contributed by atoms with van der Waals surface area (Å²) in [4.78, 5) is 0. The summed E-state index contributed by atoms with van der Waals surface area (Å²) >= 11 is 0. The Morgan fingerprint density at radius 1 is 0.714 bits per heavy atom. The van der Waals surface area contributed by atoms with Gasteiger partial charge in [-0.25, -0.2) is 0 Å². The molecule has 0 amide bonds. The quantitative estimate of drug-likeness (QED) is 0.195. The second-order valence-electron chi connectivity index (χ2n) is 11.0. The highest BCUT2D eigenvalue weighted by molar-refractivity contribution is 6.60. The van der Waals surface area contributed by atoms with Gasteiger partial charge in [0.15, 0.2) is 0 Å². The van der Waals surface area contributed by atoms with E-state index in [1.807, 2.05) is 20.8 Å². The lowest BCUT2D eigenvalue weighted by Gasteiger charge is -2.44. The molecule has 0 radical (unpaired) electrons. The van der Waals surface area contributed by atoms with E-state index in [2.05, 4.69) is 0 Å². The van der Waals surface area contributed by atoms with Gasteiger partial charge in [-0.3, -0.25) is 0 Å². The van der Waals surface area contributed by atoms with E-state index in [0.717, 1.165) is 25.3 Å². The Morgan fingerprint density at radius 3 is 1.57 bits per heavy atom. The number of alkyl halides is 6. The lowest BCUT2D eigenvalue weighted by molar-refractivity contribution is -0.373. The fourth-order valence-electron chi connectivity index (χ4n) is 8.58. The van der Waals surface area contributed by atoms with Crippen molar-refractivity contribution < 1.29 is 44.7 Å². The molecular weight excluding hydrogens is 494 g/mol. The van der Waals surface area contributed by atoms with Crippen LogP contribution >= 0.6 is 0 Å². The summed E-state index contributed by atoms with van der Waals surface area (Å²) in [5.74, 6) is 1.12. The largest absolute Gasteiger partial charge is 0.500 e. The maximum atomic E-state index is 13.3. The van der Waals surface area contributed by atoms with E-state index >= 15 is 0 Å². The van der Waals surface area contributed by atoms with Gasteiger partial charge in [-0.05, 0) is 107 Å². The molecule has 1 N–H and O–H groups in total. The summed E-state index contributed by atoms with van der Waals surface area (Å²) in [5.41, 5.74) is -4.63. The minimum atomic E-state index is -5.73. The first-order valence-corrected chi connectivity index (χ1v) is 15.0. The number of hydrogen-bond acceptors (Lipinski definition) is 4. The molecule has 4 fully saturated rings. The number of hydrogen-bond donors (Lipinski definition) is 1. The molecule has 11 heteroatoms. The molecular formula is C24H38F6O4Si. The number of rotatable bonds is 11. The van der Waals surface area contributed by atoms with Gasteiger partial charge in [0.2, 0.25) is 0 Å². The van der Waals surface area contributed by atoms with Crippen molar-refractivity contribution >= 4 is 8.80 Å². The predicted octanol–water partition coefficient (Wildman–Crippen LogP) is 6.22. The zero-order valence-corrected chi connectivity index (χ0v) is 21.6. The maximum Gasteiger partial charge on any atom is 0.500 e. The fourth-order valence-corrected chi connectivity index (χ4v) is 11.3. The smallest absolute Gasteiger partial charge is 0.374 e. The first kappa shape index (κ1) is 27.7. The molecule has 0 saturated heterocycles. The molecule has 4 aliphatic rings. The molecule has 0 aromatic carbocycles. The summed E-state index contributed by atoms with van der Waals surface area (Å²) < 4.78 is 97.8. The molecule has 4 nitrogen and oxygen atoms in total. The van der Waals surface area contributed by atoms with E-state index in [1.54, 1.807) is 0 Å². The fraction of sp³-hybridized carbons (Fsp3) is 1.00. The topological polar surface area (TPSA) is 47.9 Å². The third kappa shape index (κ3) is 4.70. The van der Waals surface area contributed by atoms with Crippen molar-refractivity contribution in [3.8, 4) is 0 Å². The van der Waals surface area contributed by atoms with Crippen molar-refractivity contribution in [1.82, 2.24) is 0 Å². The molecule has 8 atom stereocenters. The van der Waals surface area contributed by atoms with Gasteiger partial charge < -0.3 is 18.4 Å². The Hall–Kier alpha value is -0.363. The van der Waals surface area contributed by atoms with Crippen molar-refractivity contribution in [1.29, 1.82) is 0 Å². The van der Waals surface area contributed by atoms with Crippen LogP contribution in [0.5, 0.6) is 0 Å². The molecule has 0 heterocycles. The van der Waals surface area contributed by atoms with Crippen LogP contribution in [0.25, 0.3) is 0 Å². The molecule has 4 saturated carbocycles. The van der Waals surface area contributed by atoms with Crippen molar-refractivity contribution in [3.05, 3.63) is 0 Å². The van der Waals surface area contributed by atoms with Crippen LogP contribution in [0.1, 0.15) is 59.3 Å². The Bertz CT molecular complexity index is 715. The van der Waals surface area contributed by atoms with Gasteiger partial charge in [-0.1, -0.05) is 0 Å². The lowest BCUT2D eigenvalue weighted by atomic mass is 9.63. The minimum Gasteiger partial charge on any atom is -0.374 e. The first-order valence-electron chi connectivity index (χ1n) is 13.1. The van der Waals surface area contributed by atoms with Crippen LogP contribution in [0, 0.1) is 47.3 Å². The van der Waals surface area contributed by atoms with Gasteiger partial charge in [-0.15, -0.1) is 0 Å². The molecule has 4 bridgehead atoms. The molecule has 4 rings (SSSR count). The van der Waals surface area contributed by atoms with Crippen LogP contribution in [-0.4, -0.2) is 51.7 Å². The summed E-state index contributed by atoms with van der Waals surface area (Å²) in [6, 6.07) is 0.731. The monoisotopic (exact) mass is 532 g/mol. The minimum absolute atomic E-state index is 0.152. The third-order valence-electron chi connectivity index (χ3n) is 9.50. The molecule has 4 aliphatic carbocycles. The zero-order chi connectivity index (χ0) is 25.8. The Kier molecular flexibility index (Phi) is 7.70. The molecule has 0 aromatic rings. The van der Waals surface area contributed by atoms with Crippen LogP contribution in [0.3, 0.4) is 0 Å². The van der Waals surface area contributed by atoms with Crippen LogP contribution in [0.4, 0.5) is 26.3 Å². The van der Waals surface area contributed by atoms with Crippen LogP contribution in [0.15, 0.2) is 0 Å². The second kappa shape index (κ2) is 9.74. The molecule has 0 aliphatic heterocycles. The zero-order valence-electron chi connectivity index (χ0n) is 20.6. The summed E-state index contributed by atoms with van der Waals surface area (Å²) in [6.45, 7) is 7.31. The highest BCUT2D eigenvalue weighted by Gasteiger charge is 2.73. The average Bonchev–Trinajstić information content (AvgIpc) is 3.50. The van der Waals surface area contributed by atoms with E-state index in [1.165, 1.54) is 0 Å². The maximum absolute atomic E-state index is 13.3. The van der Waals surface area contributed by atoms with Gasteiger partial charge in [-0.2, -0.15) is 26.3 Å². The number of halogens is 6. The van der Waals surface area contributed by atoms with Gasteiger partial charge >= 0.3 is 21.2 Å². The van der Waals surface area contributed by atoms with Gasteiger partial charge in [0, 0.05) is 25.9 Å². The van der Waals surface area contributed by atoms with E-state index in [4.69, 9.17) is 13.3 Å². The first-order chi connectivity index (χ1) is 16.3. The SMILES string of the molecule is CCO[Si](CCC1CC2CC1C1C3CC(CC(O)(C(F)(F)F)C(F)(F)F)C(C3)C21)(OCC)OCC. The Morgan fingerprint density at radius 2 is 1.14 bits per heavy atom. The summed E-state index contributed by atoms with van der Waals surface area (Å²) in [5, 5.41) is 9.78. The van der Waals surface area contributed by atoms with Crippen molar-refractivity contribution in [2.45, 2.75) is 83.3 Å². The molecule has 35 heavy (non-hydrogen) atoms. The Labute approximate surface area is 204 Å². The van der Waals surface area contributed by atoms with Crippen molar-refractivity contribution in [3.63, 3.8) is 0 Å². The van der Waals surface area contributed by atoms with Gasteiger partial charge in [0.05, 0.1) is 0 Å². The van der Waals surface area contributed by atoms with E-state index < -0.39 is 39.1 Å². The number of aliphatic hydroxyl groups is 1. The second-order valence-corrected chi connectivity index (χ2v) is 13.8. The average molecular weight is 533 g/mol. The summed E-state index contributed by atoms with van der Waals surface area (Å²) in [7, 11) is -2.76. The number of fused-ring (bicyclic) bond motifs is 9. The predicted molar refractivity (Wildman–Crippen MR) is 118 cm³/mol. The normalized spacial score (nSPS) is 36.9. The van der Waals surface area contributed by atoms with E-state index in [-0.39, 0.29) is 17.8 Å².